The fourth-order valence-electron chi connectivity index (χ4n) is 5.04. The van der Waals surface area contributed by atoms with E-state index < -0.39 is 0 Å². The third-order valence-electron chi connectivity index (χ3n) is 7.45. The molecule has 0 aliphatic carbocycles. The first-order chi connectivity index (χ1) is 19.9. The third kappa shape index (κ3) is 17.6. The lowest BCUT2D eigenvalue weighted by Crippen LogP contribution is -2.39. The molecule has 2 heterocycles. The molecule has 41 heavy (non-hydrogen) atoms. The van der Waals surface area contributed by atoms with E-state index in [0.29, 0.717) is 24.2 Å². The zero-order chi connectivity index (χ0) is 29.7. The number of ketones is 1. The summed E-state index contributed by atoms with van der Waals surface area (Å²) in [6.07, 6.45) is 8.47. The Morgan fingerprint density at radius 2 is 1.17 bits per heavy atom. The van der Waals surface area contributed by atoms with Gasteiger partial charge in [0.25, 0.3) is 0 Å². The van der Waals surface area contributed by atoms with Crippen LogP contribution in [0, 0.1) is 5.92 Å². The van der Waals surface area contributed by atoms with Gasteiger partial charge in [0.05, 0.1) is 0 Å². The minimum absolute atomic E-state index is 0.251. The van der Waals surface area contributed by atoms with Crippen LogP contribution in [0.5, 0.6) is 0 Å². The van der Waals surface area contributed by atoms with Gasteiger partial charge in [0.2, 0.25) is 5.24 Å². The molecule has 4 rings (SSSR count). The summed E-state index contributed by atoms with van der Waals surface area (Å²) in [4.78, 5) is 26.7. The number of likely N-dealkylation sites (tertiary alicyclic amines) is 2. The monoisotopic (exact) mass is 711 g/mol. The Kier molecular flexibility index (Phi) is 19.8. The van der Waals surface area contributed by atoms with Gasteiger partial charge in [-0.05, 0) is 93.3 Å². The van der Waals surface area contributed by atoms with Gasteiger partial charge in [-0.25, -0.2) is 0 Å². The predicted molar refractivity (Wildman–Crippen MR) is 180 cm³/mol. The van der Waals surface area contributed by atoms with Gasteiger partial charge in [-0.3, -0.25) is 19.4 Å². The van der Waals surface area contributed by atoms with Crippen LogP contribution >= 0.6 is 43.5 Å². The van der Waals surface area contributed by atoms with Crippen molar-refractivity contribution in [2.45, 2.75) is 76.9 Å². The number of alkyl halides is 2. The van der Waals surface area contributed by atoms with E-state index in [9.17, 15) is 9.59 Å². The fraction of sp³-hybridized carbons (Fsp3) is 0.576. The van der Waals surface area contributed by atoms with Crippen LogP contribution in [0.1, 0.15) is 68.9 Å². The van der Waals surface area contributed by atoms with Gasteiger partial charge in [-0.2, -0.15) is 0 Å². The van der Waals surface area contributed by atoms with Crippen molar-refractivity contribution in [3.8, 4) is 0 Å². The first-order valence-electron chi connectivity index (χ1n) is 15.0. The van der Waals surface area contributed by atoms with E-state index in [0.717, 1.165) is 88.5 Å². The molecular weight excluding hydrogens is 666 g/mol. The molecule has 2 aromatic rings. The highest BCUT2D eigenvalue weighted by molar-refractivity contribution is 9.09. The topological polar surface area (TPSA) is 66.6 Å². The minimum atomic E-state index is -0.251. The molecule has 0 saturated carbocycles. The molecule has 0 amide bonds. The van der Waals surface area contributed by atoms with Crippen LogP contribution < -0.4 is 5.73 Å². The lowest BCUT2D eigenvalue weighted by atomic mass is 9.90. The van der Waals surface area contributed by atoms with Crippen LogP contribution in [0.4, 0.5) is 0 Å². The number of hydrogen-bond acceptors (Lipinski definition) is 5. The SMILES string of the molecule is NC1CCN(Cc2ccccc2)CC1.O=C(CCCBr)CC1CCN(Cc2ccccc2)CC1.O=C(Cl)CCCBr. The van der Waals surface area contributed by atoms with Crippen LogP contribution in [0.2, 0.25) is 0 Å². The summed E-state index contributed by atoms with van der Waals surface area (Å²) in [5.41, 5.74) is 8.66. The van der Waals surface area contributed by atoms with E-state index >= 15 is 0 Å². The molecule has 2 fully saturated rings. The standard InChI is InChI=1S/C17H24BrNO.C12H18N2.C4H6BrClO/c18-10-4-7-17(20)13-15-8-11-19(12-9-15)14-16-5-2-1-3-6-16;13-12-6-8-14(9-7-12)10-11-4-2-1-3-5-11;5-3-1-2-4(6)7/h1-3,5-6,15H,4,7-14H2;1-5,12H,6-10,13H2;1-3H2. The summed E-state index contributed by atoms with van der Waals surface area (Å²) >= 11 is 11.5. The highest BCUT2D eigenvalue weighted by Gasteiger charge is 2.21. The molecule has 8 heteroatoms. The van der Waals surface area contributed by atoms with E-state index in [2.05, 4.69) is 102 Å². The molecule has 0 unspecified atom stereocenters. The molecule has 0 radical (unpaired) electrons. The quantitative estimate of drug-likeness (QED) is 0.182. The lowest BCUT2D eigenvalue weighted by molar-refractivity contribution is -0.120. The highest BCUT2D eigenvalue weighted by Crippen LogP contribution is 2.23. The zero-order valence-electron chi connectivity index (χ0n) is 24.4. The second-order valence-electron chi connectivity index (χ2n) is 11.0. The number of Topliss-reactive ketones (excluding diaryl/α,β-unsaturated/α-hetero) is 1. The Hall–Kier alpha value is -1.09. The van der Waals surface area contributed by atoms with Gasteiger partial charge < -0.3 is 5.73 Å². The van der Waals surface area contributed by atoms with E-state index in [4.69, 9.17) is 17.3 Å². The number of carbonyl (C=O) groups excluding carboxylic acids is 2. The van der Waals surface area contributed by atoms with Crippen molar-refractivity contribution in [1.82, 2.24) is 9.80 Å². The molecule has 5 nitrogen and oxygen atoms in total. The number of benzene rings is 2. The van der Waals surface area contributed by atoms with E-state index in [1.54, 1.807) is 0 Å². The molecule has 0 spiro atoms. The number of hydrogen-bond donors (Lipinski definition) is 1. The van der Waals surface area contributed by atoms with Crippen molar-refractivity contribution < 1.29 is 9.59 Å². The number of piperidine rings is 2. The van der Waals surface area contributed by atoms with Gasteiger partial charge >= 0.3 is 0 Å². The van der Waals surface area contributed by atoms with Gasteiger partial charge in [0, 0.05) is 49.1 Å². The third-order valence-corrected chi connectivity index (χ3v) is 8.76. The highest BCUT2D eigenvalue weighted by atomic mass is 79.9. The average Bonchev–Trinajstić information content (AvgIpc) is 2.99. The summed E-state index contributed by atoms with van der Waals surface area (Å²) in [6, 6.07) is 21.7. The van der Waals surface area contributed by atoms with Crippen LogP contribution in [0.25, 0.3) is 0 Å². The van der Waals surface area contributed by atoms with Crippen molar-refractivity contribution in [2.75, 3.05) is 36.8 Å². The van der Waals surface area contributed by atoms with Crippen LogP contribution in [-0.4, -0.2) is 63.7 Å². The van der Waals surface area contributed by atoms with E-state index in [1.165, 1.54) is 24.0 Å². The van der Waals surface area contributed by atoms with Crippen molar-refractivity contribution in [3.05, 3.63) is 71.8 Å². The molecule has 2 aliphatic heterocycles. The molecule has 2 aliphatic rings. The van der Waals surface area contributed by atoms with E-state index in [1.807, 2.05) is 0 Å². The zero-order valence-corrected chi connectivity index (χ0v) is 28.3. The second-order valence-corrected chi connectivity index (χ2v) is 13.0. The van der Waals surface area contributed by atoms with Gasteiger partial charge in [-0.15, -0.1) is 0 Å². The van der Waals surface area contributed by atoms with Crippen LogP contribution in [0.3, 0.4) is 0 Å². The first kappa shape index (κ1) is 36.1. The summed E-state index contributed by atoms with van der Waals surface area (Å²) in [5.74, 6) is 1.07. The normalized spacial score (nSPS) is 16.7. The smallest absolute Gasteiger partial charge is 0.221 e. The summed E-state index contributed by atoms with van der Waals surface area (Å²) < 4.78 is 0. The summed E-state index contributed by atoms with van der Waals surface area (Å²) in [5, 5.41) is 1.54. The largest absolute Gasteiger partial charge is 0.328 e. The second kappa shape index (κ2) is 22.4. The Morgan fingerprint density at radius 1 is 0.732 bits per heavy atom. The lowest BCUT2D eigenvalue weighted by Gasteiger charge is -2.31. The Balaban J connectivity index is 0.000000242. The molecule has 2 aromatic carbocycles. The molecule has 0 bridgehead atoms. The van der Waals surface area contributed by atoms with Crippen molar-refractivity contribution in [2.24, 2.45) is 11.7 Å². The molecule has 2 saturated heterocycles. The Labute approximate surface area is 269 Å². The predicted octanol–water partition coefficient (Wildman–Crippen LogP) is 7.57. The van der Waals surface area contributed by atoms with Gasteiger partial charge in [0.15, 0.2) is 0 Å². The molecule has 0 aromatic heterocycles. The summed E-state index contributed by atoms with van der Waals surface area (Å²) in [7, 11) is 0. The van der Waals surface area contributed by atoms with Gasteiger partial charge in [0.1, 0.15) is 5.78 Å². The molecule has 0 atom stereocenters. The average molecular weight is 714 g/mol. The maximum atomic E-state index is 11.8. The fourth-order valence-corrected chi connectivity index (χ4v) is 5.73. The first-order valence-corrected chi connectivity index (χ1v) is 17.6. The maximum Gasteiger partial charge on any atom is 0.221 e. The van der Waals surface area contributed by atoms with Crippen molar-refractivity contribution in [3.63, 3.8) is 0 Å². The van der Waals surface area contributed by atoms with Crippen molar-refractivity contribution >= 4 is 54.5 Å². The Bertz CT molecular complexity index is 951. The van der Waals surface area contributed by atoms with Crippen LogP contribution in [0.15, 0.2) is 60.7 Å². The number of halogens is 3. The number of rotatable bonds is 12. The number of nitrogens with zero attached hydrogens (tertiary/aromatic N) is 2. The molecule has 2 N–H and O–H groups in total. The van der Waals surface area contributed by atoms with Crippen LogP contribution in [-0.2, 0) is 22.7 Å². The van der Waals surface area contributed by atoms with Crippen molar-refractivity contribution in [1.29, 1.82) is 0 Å². The number of carbonyl (C=O) groups is 2. The minimum Gasteiger partial charge on any atom is -0.328 e. The Morgan fingerprint density at radius 3 is 1.59 bits per heavy atom. The molecular formula is C33H48Br2ClN3O2. The van der Waals surface area contributed by atoms with E-state index in [-0.39, 0.29) is 5.24 Å². The molecule has 228 valence electrons. The van der Waals surface area contributed by atoms with Gasteiger partial charge in [-0.1, -0.05) is 92.5 Å². The summed E-state index contributed by atoms with van der Waals surface area (Å²) in [6.45, 7) is 6.68. The number of nitrogens with two attached hydrogens (primary N) is 1. The maximum absolute atomic E-state index is 11.8.